The summed E-state index contributed by atoms with van der Waals surface area (Å²) in [6.45, 7) is 4.45. The number of aliphatic hydroxyl groups is 1. The van der Waals surface area contributed by atoms with Gasteiger partial charge in [0.05, 0.1) is 6.10 Å². The minimum absolute atomic E-state index is 0.145. The number of hydrogen-bond acceptors (Lipinski definition) is 1. The molecule has 0 saturated heterocycles. The van der Waals surface area contributed by atoms with Gasteiger partial charge in [-0.2, -0.15) is 0 Å². The zero-order valence-electron chi connectivity index (χ0n) is 16.5. The Morgan fingerprint density at radius 2 is 1.52 bits per heavy atom. The summed E-state index contributed by atoms with van der Waals surface area (Å²) in [5.74, 6) is 6.85. The molecule has 1 N–H and O–H groups in total. The Balaban J connectivity index is 2.42. The van der Waals surface area contributed by atoms with Gasteiger partial charge in [0, 0.05) is 12.3 Å². The summed E-state index contributed by atoms with van der Waals surface area (Å²) in [6, 6.07) is 10.5. The number of aryl methyl sites for hydroxylation is 1. The summed E-state index contributed by atoms with van der Waals surface area (Å²) in [7, 11) is 0. The molecule has 0 aromatic heterocycles. The highest BCUT2D eigenvalue weighted by Crippen LogP contribution is 2.19. The Morgan fingerprint density at radius 3 is 2.24 bits per heavy atom. The van der Waals surface area contributed by atoms with E-state index in [2.05, 4.69) is 50.0 Å². The van der Waals surface area contributed by atoms with Gasteiger partial charge in [0.2, 0.25) is 0 Å². The molecule has 0 amide bonds. The lowest BCUT2D eigenvalue weighted by molar-refractivity contribution is 0.119. The maximum absolute atomic E-state index is 10.7. The predicted octanol–water partition coefficient (Wildman–Crippen LogP) is 6.54. The first-order chi connectivity index (χ1) is 12.3. The van der Waals surface area contributed by atoms with Crippen molar-refractivity contribution in [2.45, 2.75) is 97.0 Å². The van der Waals surface area contributed by atoms with Crippen molar-refractivity contribution in [3.05, 3.63) is 35.9 Å². The van der Waals surface area contributed by atoms with Gasteiger partial charge in [-0.3, -0.25) is 0 Å². The van der Waals surface area contributed by atoms with Crippen LogP contribution < -0.4 is 0 Å². The Bertz CT molecular complexity index is 468. The van der Waals surface area contributed by atoms with Crippen molar-refractivity contribution in [2.24, 2.45) is 5.92 Å². The van der Waals surface area contributed by atoms with Crippen LogP contribution in [0.1, 0.15) is 90.0 Å². The van der Waals surface area contributed by atoms with E-state index in [0.29, 0.717) is 0 Å². The normalized spacial score (nSPS) is 13.1. The second-order valence-corrected chi connectivity index (χ2v) is 7.18. The SMILES string of the molecule is CCCCC#C[C@@H](CCCCCCCC)[C@@H](O)CCc1ccccc1. The van der Waals surface area contributed by atoms with E-state index in [0.717, 1.165) is 32.1 Å². The van der Waals surface area contributed by atoms with Crippen LogP contribution in [0.5, 0.6) is 0 Å². The Morgan fingerprint density at radius 1 is 0.840 bits per heavy atom. The van der Waals surface area contributed by atoms with Gasteiger partial charge in [-0.1, -0.05) is 95.0 Å². The summed E-state index contributed by atoms with van der Waals surface area (Å²) < 4.78 is 0. The monoisotopic (exact) mass is 342 g/mol. The molecule has 1 aromatic rings. The molecular weight excluding hydrogens is 304 g/mol. The first-order valence-corrected chi connectivity index (χ1v) is 10.5. The highest BCUT2D eigenvalue weighted by atomic mass is 16.3. The molecule has 2 atom stereocenters. The van der Waals surface area contributed by atoms with E-state index in [-0.39, 0.29) is 12.0 Å². The van der Waals surface area contributed by atoms with E-state index in [1.165, 1.54) is 50.5 Å². The molecule has 1 nitrogen and oxygen atoms in total. The van der Waals surface area contributed by atoms with Gasteiger partial charge < -0.3 is 5.11 Å². The summed E-state index contributed by atoms with van der Waals surface area (Å²) in [5.41, 5.74) is 1.30. The third kappa shape index (κ3) is 11.1. The Labute approximate surface area is 156 Å². The number of benzene rings is 1. The van der Waals surface area contributed by atoms with E-state index < -0.39 is 0 Å². The Hall–Kier alpha value is -1.26. The zero-order chi connectivity index (χ0) is 18.2. The first-order valence-electron chi connectivity index (χ1n) is 10.5. The largest absolute Gasteiger partial charge is 0.392 e. The summed E-state index contributed by atoms with van der Waals surface area (Å²) >= 11 is 0. The number of unbranched alkanes of at least 4 members (excludes halogenated alkanes) is 7. The quantitative estimate of drug-likeness (QED) is 0.319. The molecule has 25 heavy (non-hydrogen) atoms. The molecule has 0 spiro atoms. The average molecular weight is 343 g/mol. The minimum Gasteiger partial charge on any atom is -0.392 e. The van der Waals surface area contributed by atoms with Crippen LogP contribution in [0.2, 0.25) is 0 Å². The van der Waals surface area contributed by atoms with Crippen LogP contribution in [0.25, 0.3) is 0 Å². The third-order valence-electron chi connectivity index (χ3n) is 4.85. The maximum Gasteiger partial charge on any atom is 0.0680 e. The van der Waals surface area contributed by atoms with Crippen molar-refractivity contribution in [3.63, 3.8) is 0 Å². The van der Waals surface area contributed by atoms with E-state index in [1.807, 2.05) is 6.07 Å². The highest BCUT2D eigenvalue weighted by molar-refractivity contribution is 5.15. The third-order valence-corrected chi connectivity index (χ3v) is 4.85. The second-order valence-electron chi connectivity index (χ2n) is 7.18. The lowest BCUT2D eigenvalue weighted by Gasteiger charge is -2.18. The van der Waals surface area contributed by atoms with Gasteiger partial charge in [0.1, 0.15) is 0 Å². The van der Waals surface area contributed by atoms with Crippen LogP contribution in [-0.2, 0) is 6.42 Å². The molecule has 1 aromatic carbocycles. The van der Waals surface area contributed by atoms with Crippen LogP contribution in [-0.4, -0.2) is 11.2 Å². The highest BCUT2D eigenvalue weighted by Gasteiger charge is 2.16. The van der Waals surface area contributed by atoms with Gasteiger partial charge in [-0.15, -0.1) is 5.92 Å². The summed E-state index contributed by atoms with van der Waals surface area (Å²) in [4.78, 5) is 0. The molecule has 1 rings (SSSR count). The first kappa shape index (κ1) is 21.8. The van der Waals surface area contributed by atoms with Crippen LogP contribution in [0.4, 0.5) is 0 Å². The second kappa shape index (κ2) is 15.0. The Kier molecular flexibility index (Phi) is 13.1. The molecule has 0 aliphatic rings. The van der Waals surface area contributed by atoms with Crippen molar-refractivity contribution in [2.75, 3.05) is 0 Å². The summed E-state index contributed by atoms with van der Waals surface area (Å²) in [5, 5.41) is 10.7. The fourth-order valence-corrected chi connectivity index (χ4v) is 3.13. The molecule has 0 unspecified atom stereocenters. The molecule has 0 aliphatic carbocycles. The molecule has 140 valence electrons. The van der Waals surface area contributed by atoms with Gasteiger partial charge in [0.25, 0.3) is 0 Å². The fourth-order valence-electron chi connectivity index (χ4n) is 3.13. The smallest absolute Gasteiger partial charge is 0.0680 e. The molecule has 0 saturated carbocycles. The average Bonchev–Trinajstić information content (AvgIpc) is 2.65. The van der Waals surface area contributed by atoms with Crippen molar-refractivity contribution in [1.82, 2.24) is 0 Å². The molecule has 0 fully saturated rings. The lowest BCUT2D eigenvalue weighted by atomic mass is 9.91. The zero-order valence-corrected chi connectivity index (χ0v) is 16.5. The minimum atomic E-state index is -0.301. The number of rotatable bonds is 13. The van der Waals surface area contributed by atoms with Gasteiger partial charge in [0.15, 0.2) is 0 Å². The van der Waals surface area contributed by atoms with E-state index >= 15 is 0 Å². The van der Waals surface area contributed by atoms with Gasteiger partial charge in [-0.05, 0) is 31.2 Å². The fraction of sp³-hybridized carbons (Fsp3) is 0.667. The van der Waals surface area contributed by atoms with Gasteiger partial charge in [-0.25, -0.2) is 0 Å². The van der Waals surface area contributed by atoms with Crippen LogP contribution >= 0.6 is 0 Å². The molecule has 0 radical (unpaired) electrons. The van der Waals surface area contributed by atoms with Crippen molar-refractivity contribution >= 4 is 0 Å². The predicted molar refractivity (Wildman–Crippen MR) is 110 cm³/mol. The molecule has 1 heteroatoms. The standard InChI is InChI=1S/C24H38O/c1-3-5-7-9-10-15-19-23(18-14-8-6-4-2)24(25)21-20-22-16-12-11-13-17-22/h11-13,16-17,23-25H,3-10,15,19-21H2,1-2H3/t23-,24-/m0/s1. The maximum atomic E-state index is 10.7. The van der Waals surface area contributed by atoms with E-state index in [4.69, 9.17) is 0 Å². The van der Waals surface area contributed by atoms with Crippen molar-refractivity contribution in [3.8, 4) is 11.8 Å². The molecule has 0 bridgehead atoms. The summed E-state index contributed by atoms with van der Waals surface area (Å²) in [6.07, 6.45) is 13.6. The van der Waals surface area contributed by atoms with Crippen LogP contribution in [0, 0.1) is 17.8 Å². The van der Waals surface area contributed by atoms with E-state index in [9.17, 15) is 5.11 Å². The number of aliphatic hydroxyl groups excluding tert-OH is 1. The van der Waals surface area contributed by atoms with Crippen molar-refractivity contribution < 1.29 is 5.11 Å². The molecule has 0 heterocycles. The van der Waals surface area contributed by atoms with Crippen LogP contribution in [0.3, 0.4) is 0 Å². The van der Waals surface area contributed by atoms with E-state index in [1.54, 1.807) is 0 Å². The van der Waals surface area contributed by atoms with Gasteiger partial charge >= 0.3 is 0 Å². The van der Waals surface area contributed by atoms with Crippen LogP contribution in [0.15, 0.2) is 30.3 Å². The molecule has 0 aliphatic heterocycles. The topological polar surface area (TPSA) is 20.2 Å². The van der Waals surface area contributed by atoms with Crippen molar-refractivity contribution in [1.29, 1.82) is 0 Å². The number of hydrogen-bond donors (Lipinski definition) is 1. The lowest BCUT2D eigenvalue weighted by Crippen LogP contribution is -2.20. The molecular formula is C24H38O.